The summed E-state index contributed by atoms with van der Waals surface area (Å²) in [6, 6.07) is 7.38. The number of aromatic nitrogens is 3. The first-order valence-corrected chi connectivity index (χ1v) is 10.3. The van der Waals surface area contributed by atoms with Gasteiger partial charge in [-0.2, -0.15) is 0 Å². The zero-order chi connectivity index (χ0) is 24.8. The Balaban J connectivity index is 1.63. The lowest BCUT2D eigenvalue weighted by Gasteiger charge is -2.38. The average Bonchev–Trinajstić information content (AvgIpc) is 3.25. The number of hydrogen-bond acceptors (Lipinski definition) is 9. The van der Waals surface area contributed by atoms with Crippen molar-refractivity contribution in [3.8, 4) is 0 Å². The van der Waals surface area contributed by atoms with Crippen LogP contribution >= 0.6 is 0 Å². The van der Waals surface area contributed by atoms with Crippen molar-refractivity contribution >= 4 is 17.8 Å². The summed E-state index contributed by atoms with van der Waals surface area (Å²) in [5.41, 5.74) is 0.870. The Kier molecular flexibility index (Phi) is 7.94. The van der Waals surface area contributed by atoms with Crippen LogP contribution in [0.1, 0.15) is 23.0 Å². The van der Waals surface area contributed by atoms with Crippen LogP contribution in [0, 0.1) is 0 Å². The Hall–Kier alpha value is -3.81. The molecule has 182 valence electrons. The number of carbonyl (C=O) groups excluding carboxylic acids is 2. The Morgan fingerprint density at radius 3 is 2.56 bits per heavy atom. The molecule has 0 fully saturated rings. The van der Waals surface area contributed by atoms with Gasteiger partial charge in [-0.1, -0.05) is 23.4 Å². The van der Waals surface area contributed by atoms with Crippen molar-refractivity contribution in [3.05, 3.63) is 59.6 Å². The maximum atomic E-state index is 12.1. The van der Waals surface area contributed by atoms with Crippen molar-refractivity contribution in [1.82, 2.24) is 25.6 Å². The highest BCUT2D eigenvalue weighted by atomic mass is 16.5. The van der Waals surface area contributed by atoms with E-state index >= 15 is 0 Å². The van der Waals surface area contributed by atoms with Gasteiger partial charge in [0.05, 0.1) is 25.3 Å². The summed E-state index contributed by atoms with van der Waals surface area (Å²) in [6.45, 7) is 0.980. The fraction of sp³-hybridized carbons (Fsp3) is 0.381. The van der Waals surface area contributed by atoms with E-state index in [2.05, 4.69) is 20.9 Å². The summed E-state index contributed by atoms with van der Waals surface area (Å²) in [6.07, 6.45) is -3.83. The zero-order valence-electron chi connectivity index (χ0n) is 18.1. The van der Waals surface area contributed by atoms with E-state index in [-0.39, 0.29) is 19.0 Å². The average molecular weight is 475 g/mol. The number of ether oxygens (including phenoxy) is 1. The number of aliphatic hydroxyl groups excluding tert-OH is 3. The lowest BCUT2D eigenvalue weighted by Crippen LogP contribution is -2.59. The van der Waals surface area contributed by atoms with Crippen LogP contribution in [0.5, 0.6) is 0 Å². The molecule has 13 heteroatoms. The smallest absolute Gasteiger partial charge is 0.370 e. The molecule has 1 aliphatic rings. The maximum Gasteiger partial charge on any atom is 0.370 e. The molecule has 5 atom stereocenters. The van der Waals surface area contributed by atoms with Gasteiger partial charge in [-0.05, 0) is 18.2 Å². The molecular weight excluding hydrogens is 450 g/mol. The van der Waals surface area contributed by atoms with Crippen LogP contribution in [-0.4, -0.2) is 83.7 Å². The Labute approximate surface area is 193 Å². The van der Waals surface area contributed by atoms with Gasteiger partial charge in [0, 0.05) is 12.5 Å². The summed E-state index contributed by atoms with van der Waals surface area (Å²) in [4.78, 5) is 34.9. The number of aliphatic hydroxyl groups is 3. The van der Waals surface area contributed by atoms with Gasteiger partial charge in [0.15, 0.2) is 6.10 Å². The largest absolute Gasteiger partial charge is 0.478 e. The number of nitrogens with zero attached hydrogens (tertiary/aromatic N) is 3. The van der Waals surface area contributed by atoms with E-state index in [1.807, 2.05) is 0 Å². The molecule has 0 radical (unpaired) electrons. The summed E-state index contributed by atoms with van der Waals surface area (Å²) < 4.78 is 6.47. The Morgan fingerprint density at radius 1 is 1.21 bits per heavy atom. The van der Waals surface area contributed by atoms with E-state index in [9.17, 15) is 34.8 Å². The molecule has 1 aromatic carbocycles. The van der Waals surface area contributed by atoms with Gasteiger partial charge >= 0.3 is 5.97 Å². The highest BCUT2D eigenvalue weighted by Crippen LogP contribution is 2.23. The van der Waals surface area contributed by atoms with Crippen LogP contribution in [0.15, 0.2) is 48.4 Å². The first-order chi connectivity index (χ1) is 16.2. The molecule has 0 saturated carbocycles. The molecule has 6 N–H and O–H groups in total. The summed E-state index contributed by atoms with van der Waals surface area (Å²) in [7, 11) is 0. The first kappa shape index (κ1) is 24.8. The molecule has 3 unspecified atom stereocenters. The summed E-state index contributed by atoms with van der Waals surface area (Å²) >= 11 is 0. The van der Waals surface area contributed by atoms with Crippen LogP contribution in [0.25, 0.3) is 0 Å². The first-order valence-electron chi connectivity index (χ1n) is 10.3. The quantitative estimate of drug-likeness (QED) is 0.240. The second-order valence-electron chi connectivity index (χ2n) is 7.67. The van der Waals surface area contributed by atoms with Crippen LogP contribution < -0.4 is 10.6 Å². The number of rotatable bonds is 9. The standard InChI is InChI=1S/C21H25N5O8/c1-11(27)23-17-14(28)7-16(21(32)33)34-19(17)18(30)15(29)10-26-9-13(24-25-26)8-22-20(31)12-5-3-2-4-6-12/h2-7,9,14-15,17-19,28-30H,8,10H2,1H3,(H,22,31)(H,23,27)(H,32,33)/t14-,15?,17-,18?,19?/m1/s1. The lowest BCUT2D eigenvalue weighted by atomic mass is 9.93. The van der Waals surface area contributed by atoms with Crippen LogP contribution in [-0.2, 0) is 27.4 Å². The third kappa shape index (κ3) is 6.15. The van der Waals surface area contributed by atoms with Crippen molar-refractivity contribution in [2.75, 3.05) is 0 Å². The fourth-order valence-corrected chi connectivity index (χ4v) is 3.41. The van der Waals surface area contributed by atoms with Gasteiger partial charge in [-0.25, -0.2) is 9.48 Å². The molecule has 0 aliphatic carbocycles. The van der Waals surface area contributed by atoms with E-state index in [0.717, 1.165) is 6.08 Å². The van der Waals surface area contributed by atoms with Crippen molar-refractivity contribution in [1.29, 1.82) is 0 Å². The number of nitrogens with one attached hydrogen (secondary N) is 2. The number of benzene rings is 1. The Morgan fingerprint density at radius 2 is 1.91 bits per heavy atom. The molecule has 0 bridgehead atoms. The van der Waals surface area contributed by atoms with Crippen molar-refractivity contribution in [2.45, 2.75) is 50.5 Å². The Bertz CT molecular complexity index is 1060. The van der Waals surface area contributed by atoms with E-state index in [1.165, 1.54) is 17.8 Å². The molecule has 2 aromatic rings. The van der Waals surface area contributed by atoms with Gasteiger partial charge in [0.2, 0.25) is 11.7 Å². The van der Waals surface area contributed by atoms with Crippen molar-refractivity contribution in [2.24, 2.45) is 0 Å². The molecule has 34 heavy (non-hydrogen) atoms. The molecule has 0 saturated heterocycles. The zero-order valence-corrected chi connectivity index (χ0v) is 18.1. The molecule has 2 amide bonds. The maximum absolute atomic E-state index is 12.1. The number of aliphatic carboxylic acids is 1. The third-order valence-electron chi connectivity index (χ3n) is 5.04. The van der Waals surface area contributed by atoms with Crippen molar-refractivity contribution < 1.29 is 39.5 Å². The number of carboxylic acid groups (broad SMARTS) is 1. The number of hydrogen-bond donors (Lipinski definition) is 6. The van der Waals surface area contributed by atoms with E-state index in [0.29, 0.717) is 11.3 Å². The highest BCUT2D eigenvalue weighted by molar-refractivity contribution is 5.94. The highest BCUT2D eigenvalue weighted by Gasteiger charge is 2.43. The van der Waals surface area contributed by atoms with E-state index in [4.69, 9.17) is 4.74 Å². The number of carbonyl (C=O) groups is 3. The normalized spacial score (nSPS) is 21.5. The van der Waals surface area contributed by atoms with Gasteiger partial charge in [0.25, 0.3) is 5.91 Å². The van der Waals surface area contributed by atoms with Crippen LogP contribution in [0.2, 0.25) is 0 Å². The second kappa shape index (κ2) is 10.9. The molecule has 1 aliphatic heterocycles. The van der Waals surface area contributed by atoms with E-state index < -0.39 is 48.1 Å². The minimum Gasteiger partial charge on any atom is -0.478 e. The van der Waals surface area contributed by atoms with Gasteiger partial charge in [-0.15, -0.1) is 5.10 Å². The molecule has 3 rings (SSSR count). The van der Waals surface area contributed by atoms with Gasteiger partial charge in [-0.3, -0.25) is 9.59 Å². The van der Waals surface area contributed by atoms with Gasteiger partial charge < -0.3 is 35.8 Å². The second-order valence-corrected chi connectivity index (χ2v) is 7.67. The topological polar surface area (TPSA) is 196 Å². The minimum atomic E-state index is -1.71. The number of amides is 2. The molecular formula is C21H25N5O8. The van der Waals surface area contributed by atoms with Crippen molar-refractivity contribution in [3.63, 3.8) is 0 Å². The summed E-state index contributed by atoms with van der Waals surface area (Å²) in [5, 5.41) is 53.4. The lowest BCUT2D eigenvalue weighted by molar-refractivity contribution is -0.148. The molecule has 1 aromatic heterocycles. The molecule has 2 heterocycles. The monoisotopic (exact) mass is 475 g/mol. The van der Waals surface area contributed by atoms with Crippen LogP contribution in [0.4, 0.5) is 0 Å². The predicted molar refractivity (Wildman–Crippen MR) is 114 cm³/mol. The van der Waals surface area contributed by atoms with Crippen LogP contribution in [0.3, 0.4) is 0 Å². The fourth-order valence-electron chi connectivity index (χ4n) is 3.41. The van der Waals surface area contributed by atoms with Gasteiger partial charge in [0.1, 0.15) is 24.0 Å². The minimum absolute atomic E-state index is 0.0711. The summed E-state index contributed by atoms with van der Waals surface area (Å²) in [5.74, 6) is -2.96. The molecule has 13 nitrogen and oxygen atoms in total. The predicted octanol–water partition coefficient (Wildman–Crippen LogP) is -1.84. The number of carboxylic acids is 1. The SMILES string of the molecule is CC(=O)N[C@H]1C(C(O)C(O)Cn2cc(CNC(=O)c3ccccc3)nn2)OC(C(=O)O)=C[C@H]1O. The molecule has 0 spiro atoms. The van der Waals surface area contributed by atoms with E-state index in [1.54, 1.807) is 30.3 Å². The third-order valence-corrected chi connectivity index (χ3v) is 5.04.